The van der Waals surface area contributed by atoms with Crippen LogP contribution in [0.5, 0.6) is 0 Å². The third kappa shape index (κ3) is 8.12. The minimum atomic E-state index is 0. The van der Waals surface area contributed by atoms with Crippen LogP contribution >= 0.6 is 24.0 Å². The third-order valence-electron chi connectivity index (χ3n) is 6.91. The number of hydrogen-bond acceptors (Lipinski definition) is 3. The molecule has 1 heterocycles. The van der Waals surface area contributed by atoms with Crippen LogP contribution < -0.4 is 16.0 Å². The third-order valence-corrected chi connectivity index (χ3v) is 6.91. The van der Waals surface area contributed by atoms with Gasteiger partial charge in [0.2, 0.25) is 5.91 Å². The van der Waals surface area contributed by atoms with Gasteiger partial charge in [-0.1, -0.05) is 57.0 Å². The number of carbonyl (C=O) groups excluding carboxylic acids is 1. The number of hydrogen-bond donors (Lipinski definition) is 3. The number of piperidine rings is 1. The molecule has 3 N–H and O–H groups in total. The molecule has 1 saturated heterocycles. The number of rotatable bonds is 8. The van der Waals surface area contributed by atoms with Crippen LogP contribution in [0.4, 0.5) is 0 Å². The van der Waals surface area contributed by atoms with Gasteiger partial charge in [0.15, 0.2) is 5.96 Å². The van der Waals surface area contributed by atoms with Crippen LogP contribution in [0.1, 0.15) is 77.8 Å². The van der Waals surface area contributed by atoms with Gasteiger partial charge in [0.25, 0.3) is 0 Å². The molecule has 0 spiro atoms. The zero-order valence-electron chi connectivity index (χ0n) is 20.9. The first-order valence-electron chi connectivity index (χ1n) is 12.6. The number of amides is 1. The SMILES string of the molecule is CCNC(=NCC1(NC(C)c2ccccc2)CCCC1)NC1CCN(C(=O)C(C)C)CC1.I. The van der Waals surface area contributed by atoms with Crippen LogP contribution in [0.25, 0.3) is 0 Å². The molecule has 1 atom stereocenters. The molecule has 186 valence electrons. The van der Waals surface area contributed by atoms with Gasteiger partial charge in [-0.05, 0) is 45.1 Å². The monoisotopic (exact) mass is 569 g/mol. The molecule has 1 unspecified atom stereocenters. The lowest BCUT2D eigenvalue weighted by molar-refractivity contribution is -0.135. The van der Waals surface area contributed by atoms with Gasteiger partial charge in [0, 0.05) is 43.2 Å². The number of nitrogens with one attached hydrogen (secondary N) is 3. The Bertz CT molecular complexity index is 740. The molecular formula is C26H44IN5O. The number of nitrogens with zero attached hydrogens (tertiary/aromatic N) is 2. The Hall–Kier alpha value is -1.35. The minimum Gasteiger partial charge on any atom is -0.357 e. The Morgan fingerprint density at radius 1 is 1.12 bits per heavy atom. The van der Waals surface area contributed by atoms with Crippen molar-refractivity contribution in [3.63, 3.8) is 0 Å². The van der Waals surface area contributed by atoms with Gasteiger partial charge in [0.1, 0.15) is 0 Å². The summed E-state index contributed by atoms with van der Waals surface area (Å²) >= 11 is 0. The van der Waals surface area contributed by atoms with E-state index in [9.17, 15) is 4.79 Å². The van der Waals surface area contributed by atoms with Gasteiger partial charge in [-0.3, -0.25) is 9.79 Å². The topological polar surface area (TPSA) is 68.8 Å². The van der Waals surface area contributed by atoms with Gasteiger partial charge < -0.3 is 20.9 Å². The summed E-state index contributed by atoms with van der Waals surface area (Å²) in [5, 5.41) is 11.0. The summed E-state index contributed by atoms with van der Waals surface area (Å²) in [6.45, 7) is 11.6. The fourth-order valence-electron chi connectivity index (χ4n) is 5.04. The molecule has 1 aliphatic heterocycles. The molecule has 1 aliphatic carbocycles. The van der Waals surface area contributed by atoms with Crippen molar-refractivity contribution in [2.24, 2.45) is 10.9 Å². The van der Waals surface area contributed by atoms with Crippen molar-refractivity contribution in [2.75, 3.05) is 26.2 Å². The molecule has 1 aromatic rings. The number of halogens is 1. The van der Waals surface area contributed by atoms with Crippen LogP contribution in [0, 0.1) is 5.92 Å². The summed E-state index contributed by atoms with van der Waals surface area (Å²) in [6, 6.07) is 11.4. The van der Waals surface area contributed by atoms with E-state index >= 15 is 0 Å². The summed E-state index contributed by atoms with van der Waals surface area (Å²) in [5.74, 6) is 1.25. The largest absolute Gasteiger partial charge is 0.357 e. The predicted octanol–water partition coefficient (Wildman–Crippen LogP) is 4.47. The van der Waals surface area contributed by atoms with Crippen molar-refractivity contribution in [3.8, 4) is 0 Å². The standard InChI is InChI=1S/C26H43N5O.HI/c1-5-27-25(29-23-13-17-31(18-14-23)24(32)20(2)3)28-19-26(15-9-10-16-26)30-21(4)22-11-7-6-8-12-22;/h6-8,11-12,20-21,23,30H,5,9-10,13-19H2,1-4H3,(H2,27,28,29);1H. The van der Waals surface area contributed by atoms with E-state index in [2.05, 4.69) is 60.1 Å². The first kappa shape index (κ1) is 27.9. The van der Waals surface area contributed by atoms with Crippen LogP contribution in [-0.4, -0.2) is 54.5 Å². The second kappa shape index (κ2) is 13.5. The van der Waals surface area contributed by atoms with E-state index in [1.807, 2.05) is 18.7 Å². The van der Waals surface area contributed by atoms with Crippen LogP contribution in [0.15, 0.2) is 35.3 Å². The van der Waals surface area contributed by atoms with Crippen LogP contribution in [0.2, 0.25) is 0 Å². The van der Waals surface area contributed by atoms with Gasteiger partial charge in [0.05, 0.1) is 6.54 Å². The normalized spacial score (nSPS) is 19.8. The van der Waals surface area contributed by atoms with E-state index < -0.39 is 0 Å². The summed E-state index contributed by atoms with van der Waals surface area (Å²) < 4.78 is 0. The Labute approximate surface area is 217 Å². The van der Waals surface area contributed by atoms with Gasteiger partial charge in [-0.25, -0.2) is 0 Å². The average molecular weight is 570 g/mol. The van der Waals surface area contributed by atoms with Crippen molar-refractivity contribution in [1.82, 2.24) is 20.9 Å². The van der Waals surface area contributed by atoms with E-state index in [4.69, 9.17) is 4.99 Å². The maximum Gasteiger partial charge on any atom is 0.225 e. The highest BCUT2D eigenvalue weighted by atomic mass is 127. The zero-order chi connectivity index (χ0) is 23.0. The number of guanidine groups is 1. The quantitative estimate of drug-likeness (QED) is 0.246. The smallest absolute Gasteiger partial charge is 0.225 e. The van der Waals surface area contributed by atoms with E-state index in [1.54, 1.807) is 0 Å². The molecule has 1 amide bonds. The Morgan fingerprint density at radius 2 is 1.76 bits per heavy atom. The second-order valence-electron chi connectivity index (χ2n) is 9.86. The molecule has 1 saturated carbocycles. The lowest BCUT2D eigenvalue weighted by atomic mass is 9.95. The maximum absolute atomic E-state index is 12.3. The van der Waals surface area contributed by atoms with E-state index in [-0.39, 0.29) is 41.3 Å². The molecule has 2 fully saturated rings. The van der Waals surface area contributed by atoms with E-state index in [0.29, 0.717) is 12.1 Å². The summed E-state index contributed by atoms with van der Waals surface area (Å²) in [7, 11) is 0. The number of likely N-dealkylation sites (tertiary alicyclic amines) is 1. The number of benzene rings is 1. The number of carbonyl (C=O) groups is 1. The Morgan fingerprint density at radius 3 is 2.33 bits per heavy atom. The van der Waals surface area contributed by atoms with Crippen LogP contribution in [0.3, 0.4) is 0 Å². The fraction of sp³-hybridized carbons (Fsp3) is 0.692. The highest BCUT2D eigenvalue weighted by Crippen LogP contribution is 2.32. The molecule has 1 aromatic carbocycles. The predicted molar refractivity (Wildman–Crippen MR) is 148 cm³/mol. The van der Waals surface area contributed by atoms with Crippen molar-refractivity contribution in [1.29, 1.82) is 0 Å². The van der Waals surface area contributed by atoms with Crippen molar-refractivity contribution < 1.29 is 4.79 Å². The molecule has 7 heteroatoms. The van der Waals surface area contributed by atoms with E-state index in [0.717, 1.165) is 45.0 Å². The lowest BCUT2D eigenvalue weighted by Crippen LogP contribution is -2.51. The maximum atomic E-state index is 12.3. The highest BCUT2D eigenvalue weighted by Gasteiger charge is 2.35. The van der Waals surface area contributed by atoms with Crippen molar-refractivity contribution in [3.05, 3.63) is 35.9 Å². The molecule has 33 heavy (non-hydrogen) atoms. The average Bonchev–Trinajstić information content (AvgIpc) is 3.26. The minimum absolute atomic E-state index is 0. The van der Waals surface area contributed by atoms with E-state index in [1.165, 1.54) is 31.2 Å². The second-order valence-corrected chi connectivity index (χ2v) is 9.86. The molecular weight excluding hydrogens is 525 g/mol. The lowest BCUT2D eigenvalue weighted by Gasteiger charge is -2.35. The van der Waals surface area contributed by atoms with Gasteiger partial charge in [-0.2, -0.15) is 0 Å². The first-order valence-corrected chi connectivity index (χ1v) is 12.6. The Balaban J connectivity index is 0.00000385. The molecule has 0 bridgehead atoms. The number of aliphatic imine (C=N–C) groups is 1. The molecule has 6 nitrogen and oxygen atoms in total. The van der Waals surface area contributed by atoms with Crippen LogP contribution in [-0.2, 0) is 4.79 Å². The fourth-order valence-corrected chi connectivity index (χ4v) is 5.04. The van der Waals surface area contributed by atoms with Gasteiger partial charge >= 0.3 is 0 Å². The molecule has 2 aliphatic rings. The molecule has 0 aromatic heterocycles. The van der Waals surface area contributed by atoms with Crippen molar-refractivity contribution in [2.45, 2.75) is 83.8 Å². The summed E-state index contributed by atoms with van der Waals surface area (Å²) in [4.78, 5) is 19.3. The van der Waals surface area contributed by atoms with Crippen molar-refractivity contribution >= 4 is 35.8 Å². The summed E-state index contributed by atoms with van der Waals surface area (Å²) in [5.41, 5.74) is 1.39. The Kier molecular flexibility index (Phi) is 11.4. The summed E-state index contributed by atoms with van der Waals surface area (Å²) in [6.07, 6.45) is 6.80. The zero-order valence-corrected chi connectivity index (χ0v) is 23.2. The molecule has 3 rings (SSSR count). The van der Waals surface area contributed by atoms with Gasteiger partial charge in [-0.15, -0.1) is 24.0 Å². The molecule has 0 radical (unpaired) electrons. The highest BCUT2D eigenvalue weighted by molar-refractivity contribution is 14.0. The first-order chi connectivity index (χ1) is 15.4.